The second-order valence-corrected chi connectivity index (χ2v) is 5.96. The van der Waals surface area contributed by atoms with Crippen LogP contribution in [0.2, 0.25) is 0 Å². The van der Waals surface area contributed by atoms with Gasteiger partial charge in [-0.15, -0.1) is 0 Å². The first kappa shape index (κ1) is 12.2. The zero-order chi connectivity index (χ0) is 14.7. The molecule has 0 amide bonds. The number of benzene rings is 1. The van der Waals surface area contributed by atoms with Crippen LogP contribution in [0, 0.1) is 0 Å². The zero-order valence-corrected chi connectivity index (χ0v) is 12.2. The molecule has 4 heterocycles. The highest BCUT2D eigenvalue weighted by Crippen LogP contribution is 2.39. The van der Waals surface area contributed by atoms with E-state index in [0.29, 0.717) is 12.1 Å². The Morgan fingerprint density at radius 3 is 3.09 bits per heavy atom. The smallest absolute Gasteiger partial charge is 0.196 e. The summed E-state index contributed by atoms with van der Waals surface area (Å²) >= 11 is 0. The number of anilines is 1. The van der Waals surface area contributed by atoms with Gasteiger partial charge < -0.3 is 19.4 Å². The summed E-state index contributed by atoms with van der Waals surface area (Å²) in [7, 11) is 1.67. The Labute approximate surface area is 127 Å². The van der Waals surface area contributed by atoms with Crippen molar-refractivity contribution in [3.05, 3.63) is 24.5 Å². The van der Waals surface area contributed by atoms with Crippen molar-refractivity contribution in [2.24, 2.45) is 0 Å². The van der Waals surface area contributed by atoms with Crippen LogP contribution in [0.1, 0.15) is 6.42 Å². The molecule has 0 unspecified atom stereocenters. The number of nitrogens with one attached hydrogen (secondary N) is 1. The molecule has 1 N–H and O–H groups in total. The fraction of sp³-hybridized carbons (Fsp3) is 0.375. The second-order valence-electron chi connectivity index (χ2n) is 5.96. The lowest BCUT2D eigenvalue weighted by molar-refractivity contribution is 0.420. The zero-order valence-electron chi connectivity index (χ0n) is 12.2. The topological polar surface area (TPSA) is 63.4 Å². The van der Waals surface area contributed by atoms with Gasteiger partial charge in [-0.2, -0.15) is 0 Å². The normalized spacial score (nSPS) is 23.8. The molecule has 2 fully saturated rings. The predicted octanol–water partition coefficient (Wildman–Crippen LogP) is 1.94. The van der Waals surface area contributed by atoms with Crippen LogP contribution in [-0.4, -0.2) is 42.3 Å². The van der Waals surface area contributed by atoms with Gasteiger partial charge in [0.2, 0.25) is 0 Å². The van der Waals surface area contributed by atoms with Crippen LogP contribution in [0.5, 0.6) is 5.75 Å². The van der Waals surface area contributed by atoms with Gasteiger partial charge in [-0.05, 0) is 18.6 Å². The molecule has 5 rings (SSSR count). The molecule has 0 aliphatic carbocycles. The molecule has 3 aromatic rings. The lowest BCUT2D eigenvalue weighted by Gasteiger charge is -2.28. The maximum atomic E-state index is 6.08. The van der Waals surface area contributed by atoms with Gasteiger partial charge in [0.1, 0.15) is 23.2 Å². The molecule has 2 aliphatic rings. The molecule has 6 heteroatoms. The highest BCUT2D eigenvalue weighted by atomic mass is 16.5. The van der Waals surface area contributed by atoms with Crippen molar-refractivity contribution >= 4 is 27.9 Å². The first-order valence-corrected chi connectivity index (χ1v) is 7.55. The number of furan rings is 1. The SMILES string of the molecule is COc1cccc2oc3c(N4C[C@@H]5C[C@H]4CN5)ncnc3c12. The van der Waals surface area contributed by atoms with Gasteiger partial charge >= 0.3 is 0 Å². The Bertz CT molecular complexity index is 875. The van der Waals surface area contributed by atoms with Crippen molar-refractivity contribution < 1.29 is 9.15 Å². The number of methoxy groups -OCH3 is 1. The molecule has 0 spiro atoms. The summed E-state index contributed by atoms with van der Waals surface area (Å²) in [4.78, 5) is 11.3. The Balaban J connectivity index is 1.76. The minimum absolute atomic E-state index is 0.498. The van der Waals surface area contributed by atoms with E-state index in [9.17, 15) is 0 Å². The largest absolute Gasteiger partial charge is 0.496 e. The van der Waals surface area contributed by atoms with Gasteiger partial charge in [0.25, 0.3) is 0 Å². The monoisotopic (exact) mass is 296 g/mol. The van der Waals surface area contributed by atoms with Crippen LogP contribution in [0.4, 0.5) is 5.82 Å². The first-order chi connectivity index (χ1) is 10.8. The average molecular weight is 296 g/mol. The summed E-state index contributed by atoms with van der Waals surface area (Å²) in [6, 6.07) is 6.87. The van der Waals surface area contributed by atoms with Gasteiger partial charge in [-0.1, -0.05) is 6.07 Å². The summed E-state index contributed by atoms with van der Waals surface area (Å²) in [6.45, 7) is 1.99. The molecular weight excluding hydrogens is 280 g/mol. The lowest BCUT2D eigenvalue weighted by atomic mass is 10.2. The molecule has 6 nitrogen and oxygen atoms in total. The predicted molar refractivity (Wildman–Crippen MR) is 83.4 cm³/mol. The fourth-order valence-corrected chi connectivity index (χ4v) is 3.77. The average Bonchev–Trinajstić information content (AvgIpc) is 3.26. The second kappa shape index (κ2) is 4.33. The minimum atomic E-state index is 0.498. The molecule has 0 radical (unpaired) electrons. The molecule has 2 atom stereocenters. The van der Waals surface area contributed by atoms with E-state index in [1.54, 1.807) is 13.4 Å². The number of rotatable bonds is 2. The lowest BCUT2D eigenvalue weighted by Crippen LogP contribution is -2.44. The van der Waals surface area contributed by atoms with Crippen molar-refractivity contribution in [1.82, 2.24) is 15.3 Å². The van der Waals surface area contributed by atoms with Crippen LogP contribution < -0.4 is 15.0 Å². The quantitative estimate of drug-likeness (QED) is 0.779. The van der Waals surface area contributed by atoms with Crippen LogP contribution in [0.25, 0.3) is 22.1 Å². The molecule has 2 bridgehead atoms. The van der Waals surface area contributed by atoms with E-state index in [1.807, 2.05) is 18.2 Å². The van der Waals surface area contributed by atoms with Crippen LogP contribution in [-0.2, 0) is 0 Å². The molecule has 1 aromatic carbocycles. The third-order valence-electron chi connectivity index (χ3n) is 4.77. The van der Waals surface area contributed by atoms with Crippen molar-refractivity contribution in [3.8, 4) is 5.75 Å². The minimum Gasteiger partial charge on any atom is -0.496 e. The third kappa shape index (κ3) is 1.53. The van der Waals surface area contributed by atoms with Gasteiger partial charge in [0.15, 0.2) is 11.4 Å². The van der Waals surface area contributed by atoms with E-state index in [0.717, 1.165) is 46.7 Å². The number of piperazine rings is 1. The third-order valence-corrected chi connectivity index (χ3v) is 4.77. The standard InChI is InChI=1S/C16H16N4O2/c1-21-11-3-2-4-12-13(11)14-15(22-12)16(19-8-18-14)20-7-9-5-10(20)6-17-9/h2-4,8-10,17H,5-7H2,1H3/t9-,10-/m0/s1. The highest BCUT2D eigenvalue weighted by molar-refractivity contribution is 6.08. The molecule has 2 aromatic heterocycles. The van der Waals surface area contributed by atoms with E-state index in [-0.39, 0.29) is 0 Å². The van der Waals surface area contributed by atoms with Crippen LogP contribution in [0.15, 0.2) is 28.9 Å². The van der Waals surface area contributed by atoms with Crippen LogP contribution >= 0.6 is 0 Å². The molecule has 22 heavy (non-hydrogen) atoms. The Morgan fingerprint density at radius 2 is 2.32 bits per heavy atom. The summed E-state index contributed by atoms with van der Waals surface area (Å²) < 4.78 is 11.5. The molecular formula is C16H16N4O2. The first-order valence-electron chi connectivity index (χ1n) is 7.55. The van der Waals surface area contributed by atoms with Crippen molar-refractivity contribution in [2.75, 3.05) is 25.1 Å². The molecule has 0 saturated carbocycles. The Hall–Kier alpha value is -2.34. The van der Waals surface area contributed by atoms with E-state index in [4.69, 9.17) is 9.15 Å². The van der Waals surface area contributed by atoms with Crippen LogP contribution in [0.3, 0.4) is 0 Å². The maximum Gasteiger partial charge on any atom is 0.196 e. The summed E-state index contributed by atoms with van der Waals surface area (Å²) in [5, 5.41) is 4.44. The number of aromatic nitrogens is 2. The number of hydrogen-bond donors (Lipinski definition) is 1. The molecule has 2 saturated heterocycles. The summed E-state index contributed by atoms with van der Waals surface area (Å²) in [5.74, 6) is 1.68. The maximum absolute atomic E-state index is 6.08. The van der Waals surface area contributed by atoms with Gasteiger partial charge in [-0.25, -0.2) is 9.97 Å². The van der Waals surface area contributed by atoms with E-state index < -0.39 is 0 Å². The highest BCUT2D eigenvalue weighted by Gasteiger charge is 2.39. The Morgan fingerprint density at radius 1 is 1.36 bits per heavy atom. The number of fused-ring (bicyclic) bond motifs is 5. The van der Waals surface area contributed by atoms with E-state index >= 15 is 0 Å². The number of hydrogen-bond acceptors (Lipinski definition) is 6. The number of nitrogens with zero attached hydrogens (tertiary/aromatic N) is 3. The summed E-state index contributed by atoms with van der Waals surface area (Å²) in [5.41, 5.74) is 2.38. The number of ether oxygens (including phenoxy) is 1. The van der Waals surface area contributed by atoms with Gasteiger partial charge in [0.05, 0.1) is 12.5 Å². The fourth-order valence-electron chi connectivity index (χ4n) is 3.77. The van der Waals surface area contributed by atoms with E-state index in [1.165, 1.54) is 6.42 Å². The van der Waals surface area contributed by atoms with Gasteiger partial charge in [0, 0.05) is 25.2 Å². The van der Waals surface area contributed by atoms with Crippen molar-refractivity contribution in [2.45, 2.75) is 18.5 Å². The molecule has 112 valence electrons. The van der Waals surface area contributed by atoms with Crippen molar-refractivity contribution in [1.29, 1.82) is 0 Å². The summed E-state index contributed by atoms with van der Waals surface area (Å²) in [6.07, 6.45) is 2.80. The Kier molecular flexibility index (Phi) is 2.41. The molecule has 2 aliphatic heterocycles. The van der Waals surface area contributed by atoms with E-state index in [2.05, 4.69) is 20.2 Å². The van der Waals surface area contributed by atoms with Crippen molar-refractivity contribution in [3.63, 3.8) is 0 Å². The van der Waals surface area contributed by atoms with Gasteiger partial charge in [-0.3, -0.25) is 0 Å².